The van der Waals surface area contributed by atoms with Crippen LogP contribution in [0.15, 0.2) is 0 Å². The van der Waals surface area contributed by atoms with Crippen LogP contribution in [-0.4, -0.2) is 7.85 Å². The lowest BCUT2D eigenvalue weighted by Crippen LogP contribution is -2.20. The normalized spacial score (nSPS) is 27.9. The Bertz CT molecular complexity index is 194. The van der Waals surface area contributed by atoms with Crippen LogP contribution >= 0.6 is 0 Å². The van der Waals surface area contributed by atoms with Gasteiger partial charge in [0.1, 0.15) is 0 Å². The Hall–Kier alpha value is 0.0649. The molecule has 2 unspecified atom stereocenters. The zero-order chi connectivity index (χ0) is 13.4. The summed E-state index contributed by atoms with van der Waals surface area (Å²) in [6.45, 7) is 7.11. The van der Waals surface area contributed by atoms with E-state index in [0.717, 1.165) is 17.8 Å². The zero-order valence-electron chi connectivity index (χ0n) is 13.0. The molecule has 0 amide bonds. The largest absolute Gasteiger partial charge is 0.0771 e. The van der Waals surface area contributed by atoms with E-state index in [2.05, 4.69) is 20.8 Å². The van der Waals surface area contributed by atoms with Gasteiger partial charge in [0.05, 0.1) is 7.85 Å². The Balaban J connectivity index is 2.12. The van der Waals surface area contributed by atoms with Crippen LogP contribution in [-0.2, 0) is 0 Å². The standard InChI is InChI=1S/C17H33B/c1-4-5-6-7-8-17(18)13-15(3)16-11-9-14(2)10-12-16/h14-17H,4-13H2,1-3H3. The quantitative estimate of drug-likeness (QED) is 0.378. The average molecular weight is 248 g/mol. The molecule has 0 bridgehead atoms. The van der Waals surface area contributed by atoms with Gasteiger partial charge >= 0.3 is 0 Å². The van der Waals surface area contributed by atoms with Crippen molar-refractivity contribution in [3.63, 3.8) is 0 Å². The van der Waals surface area contributed by atoms with Crippen molar-refractivity contribution < 1.29 is 0 Å². The molecule has 1 aliphatic rings. The van der Waals surface area contributed by atoms with Gasteiger partial charge in [0, 0.05) is 0 Å². The fraction of sp³-hybridized carbons (Fsp3) is 1.00. The third-order valence-electron chi connectivity index (χ3n) is 4.97. The fourth-order valence-electron chi connectivity index (χ4n) is 3.48. The molecule has 1 heteroatoms. The third kappa shape index (κ3) is 6.30. The Labute approximate surface area is 117 Å². The van der Waals surface area contributed by atoms with Crippen LogP contribution in [0.2, 0.25) is 5.82 Å². The zero-order valence-corrected chi connectivity index (χ0v) is 13.0. The Morgan fingerprint density at radius 3 is 2.33 bits per heavy atom. The van der Waals surface area contributed by atoms with Crippen LogP contribution in [0.4, 0.5) is 0 Å². The van der Waals surface area contributed by atoms with Crippen LogP contribution < -0.4 is 0 Å². The van der Waals surface area contributed by atoms with Gasteiger partial charge in [0.25, 0.3) is 0 Å². The molecule has 0 saturated heterocycles. The summed E-state index contributed by atoms with van der Waals surface area (Å²) in [5.74, 6) is 3.23. The fourth-order valence-corrected chi connectivity index (χ4v) is 3.48. The summed E-state index contributed by atoms with van der Waals surface area (Å²) in [5, 5.41) is 0. The van der Waals surface area contributed by atoms with E-state index < -0.39 is 0 Å². The van der Waals surface area contributed by atoms with E-state index in [-0.39, 0.29) is 0 Å². The van der Waals surface area contributed by atoms with Crippen molar-refractivity contribution in [2.45, 2.75) is 90.8 Å². The topological polar surface area (TPSA) is 0 Å². The van der Waals surface area contributed by atoms with Crippen LogP contribution in [0, 0.1) is 17.8 Å². The number of hydrogen-bond donors (Lipinski definition) is 0. The van der Waals surface area contributed by atoms with Crippen LogP contribution in [0.3, 0.4) is 0 Å². The van der Waals surface area contributed by atoms with Gasteiger partial charge in [-0.05, 0) is 30.6 Å². The minimum absolute atomic E-state index is 0.455. The molecule has 1 aliphatic carbocycles. The molecule has 104 valence electrons. The van der Waals surface area contributed by atoms with Crippen molar-refractivity contribution in [2.24, 2.45) is 17.8 Å². The van der Waals surface area contributed by atoms with Gasteiger partial charge in [0.15, 0.2) is 0 Å². The van der Waals surface area contributed by atoms with Gasteiger partial charge in [-0.1, -0.05) is 78.0 Å². The Kier molecular flexibility index (Phi) is 8.10. The minimum Gasteiger partial charge on any atom is -0.0771 e. The highest BCUT2D eigenvalue weighted by atomic mass is 14.3. The number of rotatable bonds is 8. The molecule has 0 aromatic rings. The molecule has 0 aromatic carbocycles. The summed E-state index contributed by atoms with van der Waals surface area (Å²) in [4.78, 5) is 0. The molecule has 18 heavy (non-hydrogen) atoms. The van der Waals surface area contributed by atoms with E-state index in [1.165, 1.54) is 64.2 Å². The van der Waals surface area contributed by atoms with Crippen molar-refractivity contribution in [1.29, 1.82) is 0 Å². The third-order valence-corrected chi connectivity index (χ3v) is 4.97. The average Bonchev–Trinajstić information content (AvgIpc) is 2.35. The second-order valence-corrected chi connectivity index (χ2v) is 6.84. The van der Waals surface area contributed by atoms with Gasteiger partial charge in [-0.2, -0.15) is 0 Å². The molecular formula is C17H33B. The second kappa shape index (κ2) is 9.05. The predicted octanol–water partition coefficient (Wildman–Crippen LogP) is 5.77. The van der Waals surface area contributed by atoms with Gasteiger partial charge in [-0.15, -0.1) is 0 Å². The first-order chi connectivity index (χ1) is 8.63. The molecule has 1 fully saturated rings. The SMILES string of the molecule is [B]C(CCCCCC)CC(C)C1CCC(C)CC1. The predicted molar refractivity (Wildman–Crippen MR) is 83.2 cm³/mol. The first-order valence-corrected chi connectivity index (χ1v) is 8.39. The maximum atomic E-state index is 6.29. The first-order valence-electron chi connectivity index (χ1n) is 8.39. The van der Waals surface area contributed by atoms with Gasteiger partial charge in [0.2, 0.25) is 0 Å². The summed E-state index contributed by atoms with van der Waals surface area (Å²) in [6.07, 6.45) is 13.7. The van der Waals surface area contributed by atoms with E-state index in [0.29, 0.717) is 5.82 Å². The molecule has 1 rings (SSSR count). The summed E-state index contributed by atoms with van der Waals surface area (Å²) < 4.78 is 0. The van der Waals surface area contributed by atoms with E-state index in [1.54, 1.807) is 0 Å². The van der Waals surface area contributed by atoms with Crippen LogP contribution in [0.1, 0.15) is 85.0 Å². The van der Waals surface area contributed by atoms with E-state index in [4.69, 9.17) is 7.85 Å². The highest BCUT2D eigenvalue weighted by Gasteiger charge is 2.23. The van der Waals surface area contributed by atoms with Crippen LogP contribution in [0.25, 0.3) is 0 Å². The van der Waals surface area contributed by atoms with Gasteiger partial charge in [-0.3, -0.25) is 0 Å². The number of hydrogen-bond acceptors (Lipinski definition) is 0. The lowest BCUT2D eigenvalue weighted by atomic mass is 9.70. The molecule has 0 aliphatic heterocycles. The Morgan fingerprint density at radius 2 is 1.72 bits per heavy atom. The smallest absolute Gasteiger partial charge is 0.0699 e. The molecule has 2 atom stereocenters. The lowest BCUT2D eigenvalue weighted by molar-refractivity contribution is 0.212. The van der Waals surface area contributed by atoms with E-state index in [1.807, 2.05) is 0 Å². The highest BCUT2D eigenvalue weighted by molar-refractivity contribution is 6.11. The van der Waals surface area contributed by atoms with Crippen molar-refractivity contribution in [1.82, 2.24) is 0 Å². The molecule has 2 radical (unpaired) electrons. The molecule has 0 heterocycles. The first kappa shape index (κ1) is 16.1. The molecule has 0 spiro atoms. The molecular weight excluding hydrogens is 215 g/mol. The van der Waals surface area contributed by atoms with Crippen molar-refractivity contribution in [2.75, 3.05) is 0 Å². The maximum Gasteiger partial charge on any atom is 0.0699 e. The number of unbranched alkanes of at least 4 members (excludes halogenated alkanes) is 3. The monoisotopic (exact) mass is 248 g/mol. The van der Waals surface area contributed by atoms with Crippen molar-refractivity contribution in [3.8, 4) is 0 Å². The maximum absolute atomic E-state index is 6.29. The second-order valence-electron chi connectivity index (χ2n) is 6.84. The molecule has 1 saturated carbocycles. The summed E-state index contributed by atoms with van der Waals surface area (Å²) in [6, 6.07) is 0. The highest BCUT2D eigenvalue weighted by Crippen LogP contribution is 2.36. The van der Waals surface area contributed by atoms with Crippen molar-refractivity contribution >= 4 is 7.85 Å². The molecule has 0 N–H and O–H groups in total. The van der Waals surface area contributed by atoms with Crippen LogP contribution in [0.5, 0.6) is 0 Å². The summed E-state index contributed by atoms with van der Waals surface area (Å²) in [5.41, 5.74) is 0. The minimum atomic E-state index is 0.455. The van der Waals surface area contributed by atoms with Crippen molar-refractivity contribution in [3.05, 3.63) is 0 Å². The molecule has 0 nitrogen and oxygen atoms in total. The molecule has 0 aromatic heterocycles. The van der Waals surface area contributed by atoms with Gasteiger partial charge < -0.3 is 0 Å². The van der Waals surface area contributed by atoms with Gasteiger partial charge in [-0.25, -0.2) is 0 Å². The lowest BCUT2D eigenvalue weighted by Gasteiger charge is -2.32. The summed E-state index contributed by atoms with van der Waals surface area (Å²) in [7, 11) is 6.29. The Morgan fingerprint density at radius 1 is 1.06 bits per heavy atom. The van der Waals surface area contributed by atoms with E-state index >= 15 is 0 Å². The summed E-state index contributed by atoms with van der Waals surface area (Å²) >= 11 is 0. The van der Waals surface area contributed by atoms with E-state index in [9.17, 15) is 0 Å².